The summed E-state index contributed by atoms with van der Waals surface area (Å²) >= 11 is -2.14. The largest absolute Gasteiger partial charge is 0.768 e. The normalized spacial score (nSPS) is 11.2. The van der Waals surface area contributed by atoms with Crippen molar-refractivity contribution in [3.8, 4) is 0 Å². The van der Waals surface area contributed by atoms with E-state index >= 15 is 0 Å². The molecule has 0 heterocycles. The maximum atomic E-state index is 10.3. The molecule has 5 heteroatoms. The minimum atomic E-state index is -2.14. The van der Waals surface area contributed by atoms with Crippen LogP contribution in [0.1, 0.15) is 0 Å². The van der Waals surface area contributed by atoms with Crippen molar-refractivity contribution < 1.29 is 8.76 Å². The average molecular weight is 187 g/mol. The van der Waals surface area contributed by atoms with Crippen molar-refractivity contribution in [3.05, 3.63) is 24.3 Å². The van der Waals surface area contributed by atoms with E-state index in [2.05, 4.69) is 5.73 Å². The zero-order chi connectivity index (χ0) is 9.56. The van der Waals surface area contributed by atoms with Gasteiger partial charge in [0.1, 0.15) is 0 Å². The van der Waals surface area contributed by atoms with Gasteiger partial charge in [0.2, 0.25) is 0 Å². The first kappa shape index (κ1) is 11.1. The van der Waals surface area contributed by atoms with Crippen LogP contribution < -0.4 is 11.5 Å². The third kappa shape index (κ3) is 3.47. The zero-order valence-electron chi connectivity index (χ0n) is 6.69. The molecule has 4 nitrogen and oxygen atoms in total. The molecule has 0 spiro atoms. The van der Waals surface area contributed by atoms with Gasteiger partial charge in [0.15, 0.2) is 0 Å². The summed E-state index contributed by atoms with van der Waals surface area (Å²) < 4.78 is 20.5. The highest BCUT2D eigenvalue weighted by atomic mass is 32.2. The molecule has 0 bridgehead atoms. The lowest BCUT2D eigenvalue weighted by Crippen LogP contribution is -1.89. The molecule has 1 unspecified atom stereocenters. The lowest BCUT2D eigenvalue weighted by molar-refractivity contribution is 0.537. The van der Waals surface area contributed by atoms with Crippen LogP contribution in [-0.2, 0) is 11.1 Å². The van der Waals surface area contributed by atoms with Crippen molar-refractivity contribution in [1.29, 1.82) is 0 Å². The second kappa shape index (κ2) is 5.70. The molecule has 4 N–H and O–H groups in total. The summed E-state index contributed by atoms with van der Waals surface area (Å²) in [5, 5.41) is 0. The van der Waals surface area contributed by atoms with Gasteiger partial charge in [-0.2, -0.15) is 0 Å². The Labute approximate surface area is 73.9 Å². The number of hydrogen-bond acceptors (Lipinski definition) is 4. The summed E-state index contributed by atoms with van der Waals surface area (Å²) in [4.78, 5) is 0.259. The van der Waals surface area contributed by atoms with Crippen molar-refractivity contribution in [2.75, 3.05) is 12.8 Å². The van der Waals surface area contributed by atoms with Gasteiger partial charge in [-0.05, 0) is 42.4 Å². The van der Waals surface area contributed by atoms with Gasteiger partial charge in [-0.1, -0.05) is 0 Å². The lowest BCUT2D eigenvalue weighted by Gasteiger charge is -2.03. The van der Waals surface area contributed by atoms with Crippen LogP contribution in [0.3, 0.4) is 0 Å². The van der Waals surface area contributed by atoms with Crippen LogP contribution in [0.25, 0.3) is 0 Å². The highest BCUT2D eigenvalue weighted by Gasteiger charge is 1.88. The molecule has 1 rings (SSSR count). The fourth-order valence-corrected chi connectivity index (χ4v) is 0.937. The second-order valence-electron chi connectivity index (χ2n) is 1.80. The number of anilines is 1. The molecule has 0 aromatic heterocycles. The van der Waals surface area contributed by atoms with E-state index in [0.717, 1.165) is 0 Å². The molecule has 0 saturated carbocycles. The van der Waals surface area contributed by atoms with Gasteiger partial charge in [0, 0.05) is 10.6 Å². The molecule has 1 aromatic carbocycles. The molecule has 1 atom stereocenters. The molecule has 68 valence electrons. The van der Waals surface area contributed by atoms with E-state index in [-0.39, 0.29) is 4.90 Å². The van der Waals surface area contributed by atoms with Crippen molar-refractivity contribution in [3.63, 3.8) is 0 Å². The predicted molar refractivity (Wildman–Crippen MR) is 48.2 cm³/mol. The first-order valence-electron chi connectivity index (χ1n) is 3.22. The SMILES string of the molecule is CN.Nc1ccc(S(=O)[O-])cc1. The first-order valence-corrected chi connectivity index (χ1v) is 4.30. The Kier molecular flexibility index (Phi) is 5.27. The highest BCUT2D eigenvalue weighted by molar-refractivity contribution is 7.79. The molecule has 0 fully saturated rings. The van der Waals surface area contributed by atoms with Crippen molar-refractivity contribution in [2.45, 2.75) is 4.90 Å². The molecule has 12 heavy (non-hydrogen) atoms. The van der Waals surface area contributed by atoms with E-state index < -0.39 is 11.1 Å². The molecule has 1 aromatic rings. The Balaban J connectivity index is 0.000000561. The Hall–Kier alpha value is -0.910. The fraction of sp³-hybridized carbons (Fsp3) is 0.143. The van der Waals surface area contributed by atoms with Crippen LogP contribution >= 0.6 is 0 Å². The zero-order valence-corrected chi connectivity index (χ0v) is 7.51. The van der Waals surface area contributed by atoms with E-state index in [1.54, 1.807) is 12.1 Å². The number of rotatable bonds is 1. The number of nitrogen functional groups attached to an aromatic ring is 1. The van der Waals surface area contributed by atoms with Crippen LogP contribution in [0, 0.1) is 0 Å². The van der Waals surface area contributed by atoms with Crippen LogP contribution in [0.5, 0.6) is 0 Å². The average Bonchev–Trinajstić information content (AvgIpc) is 2.09. The van der Waals surface area contributed by atoms with E-state index in [0.29, 0.717) is 5.69 Å². The highest BCUT2D eigenvalue weighted by Crippen LogP contribution is 2.07. The summed E-state index contributed by atoms with van der Waals surface area (Å²) in [5.74, 6) is 0. The van der Waals surface area contributed by atoms with Crippen molar-refractivity contribution >= 4 is 16.8 Å². The van der Waals surface area contributed by atoms with E-state index in [1.807, 2.05) is 0 Å². The topological polar surface area (TPSA) is 92.2 Å². The van der Waals surface area contributed by atoms with Crippen molar-refractivity contribution in [2.24, 2.45) is 5.73 Å². The van der Waals surface area contributed by atoms with Crippen molar-refractivity contribution in [1.82, 2.24) is 0 Å². The molecule has 0 aliphatic rings. The van der Waals surface area contributed by atoms with Gasteiger partial charge in [0.05, 0.1) is 0 Å². The third-order valence-electron chi connectivity index (χ3n) is 1.07. The van der Waals surface area contributed by atoms with Gasteiger partial charge >= 0.3 is 0 Å². The first-order chi connectivity index (χ1) is 5.70. The number of nitrogens with two attached hydrogens (primary N) is 2. The van der Waals surface area contributed by atoms with Gasteiger partial charge in [0.25, 0.3) is 0 Å². The molecule has 0 aliphatic heterocycles. The van der Waals surface area contributed by atoms with Crippen LogP contribution in [0.2, 0.25) is 0 Å². The van der Waals surface area contributed by atoms with Gasteiger partial charge in [-0.25, -0.2) is 0 Å². The van der Waals surface area contributed by atoms with E-state index in [9.17, 15) is 8.76 Å². The molecular weight excluding hydrogens is 176 g/mol. The maximum Gasteiger partial charge on any atom is 0.0314 e. The van der Waals surface area contributed by atoms with Gasteiger partial charge in [-0.15, -0.1) is 0 Å². The third-order valence-corrected chi connectivity index (χ3v) is 1.73. The van der Waals surface area contributed by atoms with Gasteiger partial charge in [-0.3, -0.25) is 4.21 Å². The predicted octanol–water partition coefficient (Wildman–Crippen LogP) is 0.0817. The quantitative estimate of drug-likeness (QED) is 0.481. The Morgan fingerprint density at radius 1 is 1.25 bits per heavy atom. The fourth-order valence-electron chi connectivity index (χ4n) is 0.579. The smallest absolute Gasteiger partial charge is 0.0314 e. The maximum absolute atomic E-state index is 10.3. The minimum Gasteiger partial charge on any atom is -0.768 e. The second-order valence-corrected chi connectivity index (χ2v) is 2.74. The standard InChI is InChI=1S/C6H7NO2S.CH5N/c7-5-1-3-6(4-2-5)10(8)9;1-2/h1-4H,7H2,(H,8,9);2H2,1H3/p-1. The van der Waals surface area contributed by atoms with Crippen LogP contribution in [0.15, 0.2) is 29.2 Å². The molecule has 0 radical (unpaired) electrons. The van der Waals surface area contributed by atoms with E-state index in [4.69, 9.17) is 5.73 Å². The summed E-state index contributed by atoms with van der Waals surface area (Å²) in [5.41, 5.74) is 10.4. The Bertz CT molecular complexity index is 248. The summed E-state index contributed by atoms with van der Waals surface area (Å²) in [6.45, 7) is 0. The lowest BCUT2D eigenvalue weighted by atomic mass is 10.3. The summed E-state index contributed by atoms with van der Waals surface area (Å²) in [6.07, 6.45) is 0. The number of benzene rings is 1. The van der Waals surface area contributed by atoms with E-state index in [1.165, 1.54) is 19.2 Å². The van der Waals surface area contributed by atoms with Gasteiger partial charge < -0.3 is 16.0 Å². The molecular formula is C7H11N2O2S-. The molecule has 0 aliphatic carbocycles. The minimum absolute atomic E-state index is 0.259. The van der Waals surface area contributed by atoms with Crippen LogP contribution in [-0.4, -0.2) is 15.8 Å². The van der Waals surface area contributed by atoms with Crippen LogP contribution in [0.4, 0.5) is 5.69 Å². The molecule has 0 saturated heterocycles. The monoisotopic (exact) mass is 187 g/mol. The molecule has 0 amide bonds. The Morgan fingerprint density at radius 2 is 1.67 bits per heavy atom. The summed E-state index contributed by atoms with van der Waals surface area (Å²) in [7, 11) is 1.50. The number of hydrogen-bond donors (Lipinski definition) is 2. The Morgan fingerprint density at radius 3 is 2.00 bits per heavy atom. The summed E-state index contributed by atoms with van der Waals surface area (Å²) in [6, 6.07) is 6.01.